The molecule has 4 heteroatoms. The molecule has 0 atom stereocenters. The SMILES string of the molecule is CCCCCc1ccc(S(OC(=O)O)(c2ccccc2)c2ccccc2)cc1. The van der Waals surface area contributed by atoms with Gasteiger partial charge in [0.15, 0.2) is 0 Å². The van der Waals surface area contributed by atoms with E-state index in [9.17, 15) is 9.90 Å². The molecule has 28 heavy (non-hydrogen) atoms. The lowest BCUT2D eigenvalue weighted by Gasteiger charge is -2.38. The highest BCUT2D eigenvalue weighted by molar-refractivity contribution is 8.30. The Kier molecular flexibility index (Phi) is 6.77. The monoisotopic (exact) mass is 394 g/mol. The highest BCUT2D eigenvalue weighted by Gasteiger charge is 2.35. The van der Waals surface area contributed by atoms with E-state index in [-0.39, 0.29) is 0 Å². The lowest BCUT2D eigenvalue weighted by Crippen LogP contribution is -2.12. The third kappa shape index (κ3) is 4.39. The predicted octanol–water partition coefficient (Wildman–Crippen LogP) is 7.31. The van der Waals surface area contributed by atoms with Crippen molar-refractivity contribution in [3.05, 3.63) is 90.5 Å². The summed E-state index contributed by atoms with van der Waals surface area (Å²) >= 11 is 0. The largest absolute Gasteiger partial charge is 0.517 e. The molecule has 0 spiro atoms. The maximum absolute atomic E-state index is 11.8. The van der Waals surface area contributed by atoms with E-state index in [1.54, 1.807) is 0 Å². The number of hydrogen-bond acceptors (Lipinski definition) is 2. The van der Waals surface area contributed by atoms with Crippen molar-refractivity contribution < 1.29 is 14.1 Å². The van der Waals surface area contributed by atoms with Crippen LogP contribution in [0.5, 0.6) is 0 Å². The van der Waals surface area contributed by atoms with Crippen LogP contribution >= 0.6 is 10.3 Å². The summed E-state index contributed by atoms with van der Waals surface area (Å²) in [5.74, 6) is 0. The summed E-state index contributed by atoms with van der Waals surface area (Å²) in [7, 11) is -2.37. The van der Waals surface area contributed by atoms with E-state index in [1.807, 2.05) is 72.8 Å². The Morgan fingerprint density at radius 3 is 1.75 bits per heavy atom. The minimum Gasteiger partial charge on any atom is -0.449 e. The standard InChI is InChI=1S/C24H26O3S/c1-2-3-6-11-20-16-18-23(19-17-20)28(27-24(25)26,21-12-7-4-8-13-21)22-14-9-5-10-15-22/h4-5,7-10,12-19H,2-3,6,11H2,1H3,(H,25,26). The Balaban J connectivity index is 2.11. The topological polar surface area (TPSA) is 46.5 Å². The van der Waals surface area contributed by atoms with Crippen LogP contribution in [-0.2, 0) is 10.6 Å². The highest BCUT2D eigenvalue weighted by Crippen LogP contribution is 2.69. The van der Waals surface area contributed by atoms with Crippen molar-refractivity contribution in [1.29, 1.82) is 0 Å². The maximum atomic E-state index is 11.8. The number of hydrogen-bond donors (Lipinski definition) is 1. The van der Waals surface area contributed by atoms with E-state index < -0.39 is 16.5 Å². The van der Waals surface area contributed by atoms with Gasteiger partial charge in [0.1, 0.15) is 0 Å². The van der Waals surface area contributed by atoms with Crippen molar-refractivity contribution in [3.63, 3.8) is 0 Å². The van der Waals surface area contributed by atoms with E-state index in [0.717, 1.165) is 27.5 Å². The van der Waals surface area contributed by atoms with Crippen LogP contribution in [0.1, 0.15) is 31.7 Å². The molecule has 0 fully saturated rings. The van der Waals surface area contributed by atoms with Crippen LogP contribution in [-0.4, -0.2) is 11.3 Å². The smallest absolute Gasteiger partial charge is 0.449 e. The first-order valence-electron chi connectivity index (χ1n) is 9.61. The fourth-order valence-corrected chi connectivity index (χ4v) is 6.23. The number of unbranched alkanes of at least 4 members (excludes halogenated alkanes) is 2. The van der Waals surface area contributed by atoms with Crippen molar-refractivity contribution in [3.8, 4) is 0 Å². The molecule has 0 heterocycles. The molecule has 3 aromatic carbocycles. The van der Waals surface area contributed by atoms with Gasteiger partial charge < -0.3 is 9.29 Å². The second kappa shape index (κ2) is 9.47. The Morgan fingerprint density at radius 2 is 1.29 bits per heavy atom. The second-order valence-electron chi connectivity index (χ2n) is 6.63. The van der Waals surface area contributed by atoms with Crippen LogP contribution in [0.3, 0.4) is 0 Å². The van der Waals surface area contributed by atoms with Crippen LogP contribution in [0.15, 0.2) is 99.6 Å². The molecule has 0 aliphatic heterocycles. The molecular formula is C24H26O3S. The number of rotatable bonds is 8. The fourth-order valence-electron chi connectivity index (χ4n) is 3.31. The summed E-state index contributed by atoms with van der Waals surface area (Å²) in [6, 6.07) is 27.6. The van der Waals surface area contributed by atoms with Gasteiger partial charge in [-0.3, -0.25) is 0 Å². The Labute approximate surface area is 168 Å². The van der Waals surface area contributed by atoms with Crippen molar-refractivity contribution in [2.24, 2.45) is 0 Å². The summed E-state index contributed by atoms with van der Waals surface area (Å²) in [6.07, 6.45) is 3.34. The molecule has 0 bridgehead atoms. The molecule has 3 aromatic rings. The molecule has 0 saturated heterocycles. The van der Waals surface area contributed by atoms with Crippen LogP contribution in [0.2, 0.25) is 0 Å². The fraction of sp³-hybridized carbons (Fsp3) is 0.208. The first kappa shape index (κ1) is 20.0. The summed E-state index contributed by atoms with van der Waals surface area (Å²) in [5.41, 5.74) is 1.27. The van der Waals surface area contributed by atoms with E-state index in [0.29, 0.717) is 0 Å². The minimum absolute atomic E-state index is 0.863. The highest BCUT2D eigenvalue weighted by atomic mass is 32.3. The van der Waals surface area contributed by atoms with E-state index in [1.165, 1.54) is 18.4 Å². The van der Waals surface area contributed by atoms with Crippen LogP contribution in [0.25, 0.3) is 0 Å². The zero-order valence-electron chi connectivity index (χ0n) is 16.1. The van der Waals surface area contributed by atoms with E-state index in [4.69, 9.17) is 4.18 Å². The third-order valence-corrected chi connectivity index (χ3v) is 7.87. The van der Waals surface area contributed by atoms with Gasteiger partial charge in [0.05, 0.1) is 0 Å². The van der Waals surface area contributed by atoms with Gasteiger partial charge in [-0.2, -0.15) is 0 Å². The zero-order valence-corrected chi connectivity index (χ0v) is 16.9. The van der Waals surface area contributed by atoms with Crippen molar-refractivity contribution in [2.45, 2.75) is 47.3 Å². The normalized spacial score (nSPS) is 11.8. The molecule has 0 amide bonds. The van der Waals surface area contributed by atoms with Gasteiger partial charge in [0, 0.05) is 14.7 Å². The van der Waals surface area contributed by atoms with Crippen molar-refractivity contribution >= 4 is 16.5 Å². The number of aryl methyl sites for hydroxylation is 1. The lowest BCUT2D eigenvalue weighted by atomic mass is 10.1. The van der Waals surface area contributed by atoms with E-state index >= 15 is 0 Å². The molecule has 3 nitrogen and oxygen atoms in total. The quantitative estimate of drug-likeness (QED) is 0.407. The van der Waals surface area contributed by atoms with Gasteiger partial charge in [-0.1, -0.05) is 68.3 Å². The van der Waals surface area contributed by atoms with Crippen molar-refractivity contribution in [2.75, 3.05) is 0 Å². The average Bonchev–Trinajstić information content (AvgIpc) is 2.74. The maximum Gasteiger partial charge on any atom is 0.517 e. The van der Waals surface area contributed by atoms with Gasteiger partial charge in [0.2, 0.25) is 0 Å². The number of carbonyl (C=O) groups is 1. The zero-order chi connectivity index (χ0) is 19.8. The van der Waals surface area contributed by atoms with Gasteiger partial charge >= 0.3 is 6.16 Å². The summed E-state index contributed by atoms with van der Waals surface area (Å²) < 4.78 is 5.73. The average molecular weight is 395 g/mol. The molecule has 0 aliphatic carbocycles. The molecule has 146 valence electrons. The third-order valence-electron chi connectivity index (χ3n) is 4.67. The first-order valence-corrected chi connectivity index (χ1v) is 11.2. The summed E-state index contributed by atoms with van der Waals surface area (Å²) in [6.45, 7) is 2.20. The van der Waals surface area contributed by atoms with Crippen LogP contribution in [0, 0.1) is 0 Å². The van der Waals surface area contributed by atoms with Crippen LogP contribution < -0.4 is 0 Å². The Morgan fingerprint density at radius 1 is 0.786 bits per heavy atom. The van der Waals surface area contributed by atoms with E-state index in [2.05, 4.69) is 19.1 Å². The molecule has 0 radical (unpaired) electrons. The predicted molar refractivity (Wildman–Crippen MR) is 114 cm³/mol. The molecular weight excluding hydrogens is 368 g/mol. The number of carboxylic acid groups (broad SMARTS) is 1. The minimum atomic E-state index is -2.37. The molecule has 3 rings (SSSR count). The van der Waals surface area contributed by atoms with Gasteiger partial charge in [-0.15, -0.1) is 0 Å². The van der Waals surface area contributed by atoms with Gasteiger partial charge in [0.25, 0.3) is 0 Å². The lowest BCUT2D eigenvalue weighted by molar-refractivity contribution is 0.150. The first-order chi connectivity index (χ1) is 13.7. The number of benzene rings is 3. The molecule has 0 unspecified atom stereocenters. The Hall–Kier alpha value is -2.72. The second-order valence-corrected chi connectivity index (χ2v) is 9.33. The summed E-state index contributed by atoms with van der Waals surface area (Å²) in [4.78, 5) is 14.4. The van der Waals surface area contributed by atoms with Crippen LogP contribution in [0.4, 0.5) is 4.79 Å². The van der Waals surface area contributed by atoms with Gasteiger partial charge in [-0.05, 0) is 65.1 Å². The summed E-state index contributed by atoms with van der Waals surface area (Å²) in [5, 5.41) is 9.63. The molecule has 1 N–H and O–H groups in total. The Bertz CT molecular complexity index is 837. The molecule has 0 aromatic heterocycles. The molecule has 0 aliphatic rings. The van der Waals surface area contributed by atoms with Crippen molar-refractivity contribution in [1.82, 2.24) is 0 Å². The molecule has 0 saturated carbocycles. The van der Waals surface area contributed by atoms with Gasteiger partial charge in [-0.25, -0.2) is 4.79 Å².